The number of halogens is 1. The second kappa shape index (κ2) is 5.78. The maximum absolute atomic E-state index is 3.56. The van der Waals surface area contributed by atoms with Crippen molar-refractivity contribution in [2.24, 2.45) is 0 Å². The molecule has 0 amide bonds. The molecule has 0 atom stereocenters. The minimum atomic E-state index is 1.09. The summed E-state index contributed by atoms with van der Waals surface area (Å²) < 4.78 is 1.26. The lowest BCUT2D eigenvalue weighted by Crippen LogP contribution is -2.23. The van der Waals surface area contributed by atoms with Crippen molar-refractivity contribution < 1.29 is 0 Å². The fraction of sp³-hybridized carbons (Fsp3) is 0.600. The molecule has 0 radical (unpaired) electrons. The minimum Gasteiger partial charge on any atom is -0.299 e. The van der Waals surface area contributed by atoms with E-state index in [9.17, 15) is 0 Å². The summed E-state index contributed by atoms with van der Waals surface area (Å²) in [5.41, 5.74) is 0. The molecule has 0 saturated carbocycles. The number of rotatable bonds is 5. The third-order valence-electron chi connectivity index (χ3n) is 2.05. The zero-order chi connectivity index (χ0) is 9.68. The molecular formula is C10H16BrNS. The predicted molar refractivity (Wildman–Crippen MR) is 63.3 cm³/mol. The van der Waals surface area contributed by atoms with Gasteiger partial charge in [-0.05, 0) is 46.9 Å². The molecule has 0 unspecified atom stereocenters. The molecule has 0 fully saturated rings. The summed E-state index contributed by atoms with van der Waals surface area (Å²) in [5, 5.41) is 2.14. The zero-order valence-corrected chi connectivity index (χ0v) is 10.6. The molecular weight excluding hydrogens is 246 g/mol. The predicted octanol–water partition coefficient (Wildman–Crippen LogP) is 3.74. The van der Waals surface area contributed by atoms with E-state index in [0.29, 0.717) is 0 Å². The van der Waals surface area contributed by atoms with Gasteiger partial charge < -0.3 is 0 Å². The molecule has 0 spiro atoms. The van der Waals surface area contributed by atoms with Crippen molar-refractivity contribution in [2.45, 2.75) is 26.8 Å². The van der Waals surface area contributed by atoms with E-state index in [1.807, 2.05) is 11.3 Å². The monoisotopic (exact) mass is 261 g/mol. The topological polar surface area (TPSA) is 3.24 Å². The van der Waals surface area contributed by atoms with Gasteiger partial charge in [-0.25, -0.2) is 0 Å². The summed E-state index contributed by atoms with van der Waals surface area (Å²) in [5.74, 6) is 0. The third kappa shape index (κ3) is 3.41. The molecule has 0 aliphatic carbocycles. The zero-order valence-electron chi connectivity index (χ0n) is 8.22. The van der Waals surface area contributed by atoms with Crippen LogP contribution in [0.1, 0.15) is 25.1 Å². The van der Waals surface area contributed by atoms with Crippen molar-refractivity contribution in [1.82, 2.24) is 4.90 Å². The maximum atomic E-state index is 3.56. The van der Waals surface area contributed by atoms with Gasteiger partial charge in [0.15, 0.2) is 0 Å². The molecule has 3 heteroatoms. The van der Waals surface area contributed by atoms with Crippen molar-refractivity contribution in [3.05, 3.63) is 20.8 Å². The molecule has 13 heavy (non-hydrogen) atoms. The van der Waals surface area contributed by atoms with E-state index in [2.05, 4.69) is 46.1 Å². The molecule has 0 aromatic carbocycles. The highest BCUT2D eigenvalue weighted by atomic mass is 79.9. The summed E-state index contributed by atoms with van der Waals surface area (Å²) in [6.07, 6.45) is 1.23. The molecule has 0 bridgehead atoms. The van der Waals surface area contributed by atoms with Crippen LogP contribution in [0.15, 0.2) is 15.9 Å². The SMILES string of the molecule is CCCN(CC)Cc1sccc1Br. The molecule has 1 rings (SSSR count). The van der Waals surface area contributed by atoms with Crippen molar-refractivity contribution in [3.63, 3.8) is 0 Å². The van der Waals surface area contributed by atoms with E-state index >= 15 is 0 Å². The van der Waals surface area contributed by atoms with E-state index in [4.69, 9.17) is 0 Å². The van der Waals surface area contributed by atoms with Gasteiger partial charge in [0, 0.05) is 15.9 Å². The van der Waals surface area contributed by atoms with E-state index in [1.54, 1.807) is 0 Å². The maximum Gasteiger partial charge on any atom is 0.0339 e. The van der Waals surface area contributed by atoms with Crippen LogP contribution in [-0.2, 0) is 6.54 Å². The highest BCUT2D eigenvalue weighted by Crippen LogP contribution is 2.23. The summed E-state index contributed by atoms with van der Waals surface area (Å²) in [6, 6.07) is 2.12. The van der Waals surface area contributed by atoms with Gasteiger partial charge in [0.25, 0.3) is 0 Å². The molecule has 0 N–H and O–H groups in total. The Kier molecular flexibility index (Phi) is 4.99. The fourth-order valence-corrected chi connectivity index (χ4v) is 2.83. The van der Waals surface area contributed by atoms with E-state index in [1.165, 1.54) is 22.3 Å². The second-order valence-electron chi connectivity index (χ2n) is 3.06. The van der Waals surface area contributed by atoms with Crippen molar-refractivity contribution in [3.8, 4) is 0 Å². The van der Waals surface area contributed by atoms with Gasteiger partial charge in [0.05, 0.1) is 0 Å². The molecule has 74 valence electrons. The largest absolute Gasteiger partial charge is 0.299 e. The van der Waals surface area contributed by atoms with Crippen LogP contribution in [0.2, 0.25) is 0 Å². The molecule has 1 heterocycles. The van der Waals surface area contributed by atoms with Crippen LogP contribution in [0.3, 0.4) is 0 Å². The van der Waals surface area contributed by atoms with Gasteiger partial charge in [-0.2, -0.15) is 0 Å². The van der Waals surface area contributed by atoms with Gasteiger partial charge in [0.1, 0.15) is 0 Å². The summed E-state index contributed by atoms with van der Waals surface area (Å²) in [6.45, 7) is 7.87. The molecule has 0 aliphatic rings. The Morgan fingerprint density at radius 1 is 1.46 bits per heavy atom. The first-order valence-electron chi connectivity index (χ1n) is 4.72. The molecule has 0 aliphatic heterocycles. The van der Waals surface area contributed by atoms with Gasteiger partial charge >= 0.3 is 0 Å². The molecule has 1 aromatic heterocycles. The van der Waals surface area contributed by atoms with Crippen molar-refractivity contribution in [2.75, 3.05) is 13.1 Å². The molecule has 1 aromatic rings. The fourth-order valence-electron chi connectivity index (χ4n) is 1.31. The van der Waals surface area contributed by atoms with Crippen molar-refractivity contribution in [1.29, 1.82) is 0 Å². The Bertz CT molecular complexity index is 247. The molecule has 1 nitrogen and oxygen atoms in total. The number of nitrogens with zero attached hydrogens (tertiary/aromatic N) is 1. The first-order chi connectivity index (χ1) is 6.27. The highest BCUT2D eigenvalue weighted by Gasteiger charge is 2.06. The van der Waals surface area contributed by atoms with Crippen LogP contribution in [-0.4, -0.2) is 18.0 Å². The number of hydrogen-bond acceptors (Lipinski definition) is 2. The average Bonchev–Trinajstić information content (AvgIpc) is 2.51. The standard InChI is InChI=1S/C10H16BrNS/c1-3-6-12(4-2)8-10-9(11)5-7-13-10/h5,7H,3-4,6,8H2,1-2H3. The quantitative estimate of drug-likeness (QED) is 0.781. The molecule has 0 saturated heterocycles. The van der Waals surface area contributed by atoms with Crippen LogP contribution < -0.4 is 0 Å². The normalized spacial score (nSPS) is 11.1. The Labute approximate surface area is 92.9 Å². The van der Waals surface area contributed by atoms with E-state index in [0.717, 1.165) is 13.1 Å². The highest BCUT2D eigenvalue weighted by molar-refractivity contribution is 9.10. The van der Waals surface area contributed by atoms with Crippen LogP contribution in [0.5, 0.6) is 0 Å². The third-order valence-corrected chi connectivity index (χ3v) is 3.96. The first kappa shape index (κ1) is 11.2. The van der Waals surface area contributed by atoms with Crippen LogP contribution in [0.4, 0.5) is 0 Å². The van der Waals surface area contributed by atoms with E-state index in [-0.39, 0.29) is 0 Å². The Hall–Kier alpha value is 0.140. The smallest absolute Gasteiger partial charge is 0.0339 e. The van der Waals surface area contributed by atoms with Gasteiger partial charge in [-0.1, -0.05) is 13.8 Å². The van der Waals surface area contributed by atoms with Gasteiger partial charge in [-0.3, -0.25) is 4.90 Å². The number of thiophene rings is 1. The van der Waals surface area contributed by atoms with Gasteiger partial charge in [-0.15, -0.1) is 11.3 Å². The summed E-state index contributed by atoms with van der Waals surface area (Å²) in [4.78, 5) is 3.91. The lowest BCUT2D eigenvalue weighted by atomic mass is 10.3. The van der Waals surface area contributed by atoms with Crippen LogP contribution >= 0.6 is 27.3 Å². The van der Waals surface area contributed by atoms with Crippen LogP contribution in [0.25, 0.3) is 0 Å². The Morgan fingerprint density at radius 2 is 2.23 bits per heavy atom. The van der Waals surface area contributed by atoms with Crippen LogP contribution in [0, 0.1) is 0 Å². The van der Waals surface area contributed by atoms with Crippen molar-refractivity contribution >= 4 is 27.3 Å². The summed E-state index contributed by atoms with van der Waals surface area (Å²) >= 11 is 5.39. The van der Waals surface area contributed by atoms with E-state index < -0.39 is 0 Å². The minimum absolute atomic E-state index is 1.09. The second-order valence-corrected chi connectivity index (χ2v) is 4.92. The first-order valence-corrected chi connectivity index (χ1v) is 6.39. The lowest BCUT2D eigenvalue weighted by Gasteiger charge is -2.18. The summed E-state index contributed by atoms with van der Waals surface area (Å²) in [7, 11) is 0. The lowest BCUT2D eigenvalue weighted by molar-refractivity contribution is 0.282. The number of hydrogen-bond donors (Lipinski definition) is 0. The Morgan fingerprint density at radius 3 is 2.69 bits per heavy atom. The van der Waals surface area contributed by atoms with Gasteiger partial charge in [0.2, 0.25) is 0 Å². The Balaban J connectivity index is 2.51. The average molecular weight is 262 g/mol.